The standard InChI is InChI=1S/C60H35N3O/c1-2-15-37(16-3-1)57-61-58(39-18-12-17-38(34-39)41-31-32-47-44-21-7-6-20-43(44)46-23-13-22-45(41)55(46)47)63-59(62-57)40-28-30-48-52(35-40)60(51-33-29-36-14-4-5-19-42(36)56(48)51)49-24-8-10-26-53(49)64-54-27-11-9-25-50(54)60/h1-35H. The minimum Gasteiger partial charge on any atom is -0.457 e. The van der Waals surface area contributed by atoms with Gasteiger partial charge in [0.25, 0.3) is 0 Å². The van der Waals surface area contributed by atoms with Crippen molar-refractivity contribution in [2.45, 2.75) is 5.41 Å². The summed E-state index contributed by atoms with van der Waals surface area (Å²) in [6, 6.07) is 76.0. The van der Waals surface area contributed by atoms with Gasteiger partial charge >= 0.3 is 0 Å². The predicted octanol–water partition coefficient (Wildman–Crippen LogP) is 15.0. The third kappa shape index (κ3) is 4.85. The lowest BCUT2D eigenvalue weighted by Gasteiger charge is -2.39. The van der Waals surface area contributed by atoms with Crippen molar-refractivity contribution in [1.82, 2.24) is 15.0 Å². The molecule has 1 spiro atoms. The Hall–Kier alpha value is -8.47. The molecule has 296 valence electrons. The van der Waals surface area contributed by atoms with E-state index in [2.05, 4.69) is 194 Å². The van der Waals surface area contributed by atoms with Gasteiger partial charge in [0.15, 0.2) is 17.5 Å². The predicted molar refractivity (Wildman–Crippen MR) is 258 cm³/mol. The van der Waals surface area contributed by atoms with Crippen LogP contribution in [0.25, 0.3) is 100 Å². The molecule has 0 amide bonds. The topological polar surface area (TPSA) is 47.9 Å². The van der Waals surface area contributed by atoms with Crippen LogP contribution in [0, 0.1) is 0 Å². The first-order valence-corrected chi connectivity index (χ1v) is 21.8. The van der Waals surface area contributed by atoms with Crippen LogP contribution in [0.15, 0.2) is 212 Å². The number of ether oxygens (including phenoxy) is 1. The number of fused-ring (bicyclic) bond motifs is 14. The Balaban J connectivity index is 0.981. The fourth-order valence-electron chi connectivity index (χ4n) is 11.0. The molecule has 0 bridgehead atoms. The van der Waals surface area contributed by atoms with Crippen molar-refractivity contribution >= 4 is 21.5 Å². The molecule has 1 aliphatic heterocycles. The Kier molecular flexibility index (Phi) is 7.29. The molecule has 0 atom stereocenters. The molecule has 11 aromatic rings. The summed E-state index contributed by atoms with van der Waals surface area (Å²) in [6.07, 6.45) is 0. The molecular weight excluding hydrogens is 779 g/mol. The van der Waals surface area contributed by atoms with E-state index in [1.165, 1.54) is 71.6 Å². The van der Waals surface area contributed by atoms with Crippen molar-refractivity contribution in [3.63, 3.8) is 0 Å². The number of hydrogen-bond acceptors (Lipinski definition) is 4. The molecule has 0 radical (unpaired) electrons. The molecule has 0 N–H and O–H groups in total. The van der Waals surface area contributed by atoms with Gasteiger partial charge in [0.05, 0.1) is 5.41 Å². The number of hydrogen-bond donors (Lipinski definition) is 0. The molecule has 4 heteroatoms. The molecule has 0 saturated carbocycles. The van der Waals surface area contributed by atoms with E-state index in [0.29, 0.717) is 17.5 Å². The van der Waals surface area contributed by atoms with Crippen LogP contribution in [-0.2, 0) is 5.41 Å². The summed E-state index contributed by atoms with van der Waals surface area (Å²) in [5.41, 5.74) is 16.7. The van der Waals surface area contributed by atoms with Crippen LogP contribution in [0.2, 0.25) is 0 Å². The highest BCUT2D eigenvalue weighted by molar-refractivity contribution is 6.18. The van der Waals surface area contributed by atoms with Crippen molar-refractivity contribution in [2.75, 3.05) is 0 Å². The van der Waals surface area contributed by atoms with Gasteiger partial charge in [-0.05, 0) is 101 Å². The Labute approximate surface area is 369 Å². The first-order chi connectivity index (χ1) is 31.7. The van der Waals surface area contributed by atoms with Gasteiger partial charge in [0, 0.05) is 27.8 Å². The second-order valence-corrected chi connectivity index (χ2v) is 17.0. The summed E-state index contributed by atoms with van der Waals surface area (Å²) in [4.78, 5) is 15.8. The first kappa shape index (κ1) is 35.2. The highest BCUT2D eigenvalue weighted by Crippen LogP contribution is 2.63. The molecule has 1 aromatic heterocycles. The van der Waals surface area contributed by atoms with Crippen molar-refractivity contribution in [1.29, 1.82) is 0 Å². The average Bonchev–Trinajstić information content (AvgIpc) is 3.85. The molecule has 0 unspecified atom stereocenters. The molecule has 3 aliphatic rings. The van der Waals surface area contributed by atoms with Crippen LogP contribution in [0.1, 0.15) is 22.3 Å². The maximum Gasteiger partial charge on any atom is 0.164 e. The third-order valence-corrected chi connectivity index (χ3v) is 13.7. The summed E-state index contributed by atoms with van der Waals surface area (Å²) in [5.74, 6) is 3.58. The smallest absolute Gasteiger partial charge is 0.164 e. The van der Waals surface area contributed by atoms with Gasteiger partial charge in [-0.3, -0.25) is 0 Å². The Morgan fingerprint density at radius 1 is 0.312 bits per heavy atom. The second kappa shape index (κ2) is 13.3. The zero-order valence-corrected chi connectivity index (χ0v) is 34.5. The Morgan fingerprint density at radius 3 is 1.64 bits per heavy atom. The summed E-state index contributed by atoms with van der Waals surface area (Å²) >= 11 is 0. The number of benzene rings is 10. The second-order valence-electron chi connectivity index (χ2n) is 17.0. The molecule has 2 aliphatic carbocycles. The van der Waals surface area contributed by atoms with Gasteiger partial charge in [-0.25, -0.2) is 15.0 Å². The quantitative estimate of drug-likeness (QED) is 0.178. The molecule has 14 rings (SSSR count). The summed E-state index contributed by atoms with van der Waals surface area (Å²) < 4.78 is 6.69. The molecule has 64 heavy (non-hydrogen) atoms. The minimum atomic E-state index is -0.649. The van der Waals surface area contributed by atoms with Gasteiger partial charge in [-0.1, -0.05) is 188 Å². The number of rotatable bonds is 4. The number of aromatic nitrogens is 3. The van der Waals surface area contributed by atoms with E-state index in [-0.39, 0.29) is 0 Å². The van der Waals surface area contributed by atoms with Crippen LogP contribution < -0.4 is 4.74 Å². The van der Waals surface area contributed by atoms with Crippen LogP contribution >= 0.6 is 0 Å². The number of para-hydroxylation sites is 2. The minimum absolute atomic E-state index is 0.616. The monoisotopic (exact) mass is 813 g/mol. The lowest BCUT2D eigenvalue weighted by atomic mass is 9.66. The molecule has 4 nitrogen and oxygen atoms in total. The third-order valence-electron chi connectivity index (χ3n) is 13.7. The maximum atomic E-state index is 6.69. The van der Waals surface area contributed by atoms with E-state index in [1.807, 2.05) is 18.2 Å². The summed E-state index contributed by atoms with van der Waals surface area (Å²) in [7, 11) is 0. The average molecular weight is 814 g/mol. The molecular formula is C60H35N3O. The SMILES string of the molecule is c1ccc(-c2nc(-c3cccc(-c4ccc5c6c(cccc46)-c4ccccc4-5)c3)nc(-c3ccc4c(c3)C3(c5ccccc5Oc5ccccc53)c3ccc5ccccc5c3-4)n2)cc1. The molecule has 10 aromatic carbocycles. The molecule has 0 saturated heterocycles. The van der Waals surface area contributed by atoms with Crippen molar-refractivity contribution in [3.05, 3.63) is 235 Å². The Morgan fingerprint density at radius 2 is 0.859 bits per heavy atom. The zero-order valence-electron chi connectivity index (χ0n) is 34.5. The van der Waals surface area contributed by atoms with Gasteiger partial charge in [0.2, 0.25) is 0 Å². The van der Waals surface area contributed by atoms with E-state index in [4.69, 9.17) is 19.7 Å². The van der Waals surface area contributed by atoms with E-state index in [0.717, 1.165) is 44.9 Å². The zero-order chi connectivity index (χ0) is 41.9. The number of nitrogens with zero attached hydrogens (tertiary/aromatic N) is 3. The van der Waals surface area contributed by atoms with Gasteiger partial charge in [0.1, 0.15) is 11.5 Å². The van der Waals surface area contributed by atoms with Gasteiger partial charge in [-0.15, -0.1) is 0 Å². The lowest BCUT2D eigenvalue weighted by Crippen LogP contribution is -2.32. The van der Waals surface area contributed by atoms with Crippen molar-refractivity contribution in [2.24, 2.45) is 0 Å². The summed E-state index contributed by atoms with van der Waals surface area (Å²) in [6.45, 7) is 0. The molecule has 0 fully saturated rings. The highest BCUT2D eigenvalue weighted by Gasteiger charge is 2.51. The molecule has 2 heterocycles. The van der Waals surface area contributed by atoms with Crippen LogP contribution in [0.4, 0.5) is 0 Å². The van der Waals surface area contributed by atoms with E-state index in [9.17, 15) is 0 Å². The fourth-order valence-corrected chi connectivity index (χ4v) is 11.0. The largest absolute Gasteiger partial charge is 0.457 e. The summed E-state index contributed by atoms with van der Waals surface area (Å²) in [5, 5.41) is 4.98. The van der Waals surface area contributed by atoms with E-state index >= 15 is 0 Å². The van der Waals surface area contributed by atoms with Crippen LogP contribution in [0.3, 0.4) is 0 Å². The van der Waals surface area contributed by atoms with Crippen molar-refractivity contribution in [3.8, 4) is 90.2 Å². The first-order valence-electron chi connectivity index (χ1n) is 21.8. The van der Waals surface area contributed by atoms with Gasteiger partial charge < -0.3 is 4.74 Å². The van der Waals surface area contributed by atoms with Crippen LogP contribution in [0.5, 0.6) is 11.5 Å². The van der Waals surface area contributed by atoms with E-state index < -0.39 is 5.41 Å². The normalized spacial score (nSPS) is 13.2. The van der Waals surface area contributed by atoms with E-state index in [1.54, 1.807) is 0 Å². The maximum absolute atomic E-state index is 6.69. The lowest BCUT2D eigenvalue weighted by molar-refractivity contribution is 0.436. The van der Waals surface area contributed by atoms with Crippen LogP contribution in [-0.4, -0.2) is 15.0 Å². The fraction of sp³-hybridized carbons (Fsp3) is 0.0167. The highest BCUT2D eigenvalue weighted by atomic mass is 16.5. The van der Waals surface area contributed by atoms with Gasteiger partial charge in [-0.2, -0.15) is 0 Å². The Bertz CT molecular complexity index is 3700. The van der Waals surface area contributed by atoms with Crippen molar-refractivity contribution < 1.29 is 4.74 Å².